The number of halogens is 1. The molecule has 0 bridgehead atoms. The Balaban J connectivity index is 0.698. The molecule has 3 aliphatic heterocycles. The van der Waals surface area contributed by atoms with Gasteiger partial charge in [0.15, 0.2) is 11.5 Å². The third-order valence-corrected chi connectivity index (χ3v) is 11.4. The smallest absolute Gasteiger partial charge is 0.264 e. The molecule has 2 aromatic carbocycles. The molecule has 6 heterocycles. The van der Waals surface area contributed by atoms with E-state index in [1.807, 2.05) is 15.5 Å². The molecule has 3 fully saturated rings. The molecule has 9 rings (SSSR count). The number of ether oxygens (including phenoxy) is 1. The number of anilines is 3. The first kappa shape index (κ1) is 40.4. The highest BCUT2D eigenvalue weighted by Gasteiger charge is 2.45. The van der Waals surface area contributed by atoms with E-state index in [9.17, 15) is 28.8 Å². The number of fused-ring (bicyclic) bond motifs is 2. The van der Waals surface area contributed by atoms with Gasteiger partial charge in [-0.25, -0.2) is 14.4 Å². The summed E-state index contributed by atoms with van der Waals surface area (Å²) in [6.07, 6.45) is 9.36. The minimum atomic E-state index is -1.05. The number of aromatic amines is 1. The fraction of sp³-hybridized carbons (Fsp3) is 0.357. The molecule has 20 heteroatoms. The molecule has 5 aromatic rings. The van der Waals surface area contributed by atoms with Crippen molar-refractivity contribution in [3.8, 4) is 11.3 Å². The molecular weight excluding hydrogens is 804 g/mol. The molecule has 0 radical (unpaired) electrons. The predicted octanol–water partition coefficient (Wildman–Crippen LogP) is 2.28. The van der Waals surface area contributed by atoms with Crippen LogP contribution < -0.4 is 21.3 Å². The van der Waals surface area contributed by atoms with Gasteiger partial charge >= 0.3 is 0 Å². The lowest BCUT2D eigenvalue weighted by atomic mass is 10.0. The first-order valence-corrected chi connectivity index (χ1v) is 20.5. The second-order valence-electron chi connectivity index (χ2n) is 15.6. The Kier molecular flexibility index (Phi) is 11.1. The van der Waals surface area contributed by atoms with Crippen molar-refractivity contribution in [1.29, 1.82) is 0 Å². The Morgan fingerprint density at radius 2 is 1.76 bits per heavy atom. The maximum atomic E-state index is 15.6. The number of carbonyl (C=O) groups is 6. The van der Waals surface area contributed by atoms with Gasteiger partial charge in [0.2, 0.25) is 17.7 Å². The third-order valence-electron chi connectivity index (χ3n) is 11.4. The van der Waals surface area contributed by atoms with Crippen LogP contribution in [0, 0.1) is 5.82 Å². The highest BCUT2D eigenvalue weighted by molar-refractivity contribution is 6.25. The zero-order valence-corrected chi connectivity index (χ0v) is 33.5. The molecule has 0 spiro atoms. The first-order chi connectivity index (χ1) is 30.1. The summed E-state index contributed by atoms with van der Waals surface area (Å²) in [6, 6.07) is 8.12. The summed E-state index contributed by atoms with van der Waals surface area (Å²) in [7, 11) is 0. The molecule has 62 heavy (non-hydrogen) atoms. The van der Waals surface area contributed by atoms with Crippen molar-refractivity contribution < 1.29 is 37.9 Å². The molecule has 320 valence electrons. The number of amides is 6. The summed E-state index contributed by atoms with van der Waals surface area (Å²) in [5.41, 5.74) is 4.26. The van der Waals surface area contributed by atoms with Gasteiger partial charge in [-0.05, 0) is 49.6 Å². The molecule has 6 amide bonds. The largest absolute Gasteiger partial charge is 0.382 e. The van der Waals surface area contributed by atoms with Crippen molar-refractivity contribution in [2.24, 2.45) is 0 Å². The number of H-pyrrole nitrogens is 1. The summed E-state index contributed by atoms with van der Waals surface area (Å²) in [5, 5.41) is 18.1. The second-order valence-corrected chi connectivity index (χ2v) is 15.6. The van der Waals surface area contributed by atoms with Gasteiger partial charge in [-0.2, -0.15) is 5.10 Å². The van der Waals surface area contributed by atoms with Crippen molar-refractivity contribution in [2.75, 3.05) is 69.7 Å². The quantitative estimate of drug-likeness (QED) is 0.0754. The number of imide groups is 2. The van der Waals surface area contributed by atoms with Crippen LogP contribution in [0.4, 0.5) is 21.6 Å². The summed E-state index contributed by atoms with van der Waals surface area (Å²) in [6.45, 7) is 2.87. The lowest BCUT2D eigenvalue weighted by molar-refractivity contribution is -0.136. The molecule has 2 saturated heterocycles. The second kappa shape index (κ2) is 17.1. The maximum Gasteiger partial charge on any atom is 0.264 e. The lowest BCUT2D eigenvalue weighted by Crippen LogP contribution is -2.54. The Bertz CT molecular complexity index is 2590. The monoisotopic (exact) mass is 846 g/mol. The van der Waals surface area contributed by atoms with Crippen LogP contribution in [0.3, 0.4) is 0 Å². The number of piperidine rings is 1. The van der Waals surface area contributed by atoms with Crippen LogP contribution in [0.5, 0.6) is 0 Å². The van der Waals surface area contributed by atoms with Gasteiger partial charge in [0, 0.05) is 80.8 Å². The van der Waals surface area contributed by atoms with Crippen LogP contribution in [-0.4, -0.2) is 140 Å². The highest BCUT2D eigenvalue weighted by atomic mass is 19.1. The minimum absolute atomic E-state index is 0.0364. The van der Waals surface area contributed by atoms with Crippen molar-refractivity contribution in [3.63, 3.8) is 0 Å². The van der Waals surface area contributed by atoms with E-state index in [1.165, 1.54) is 18.2 Å². The van der Waals surface area contributed by atoms with Crippen molar-refractivity contribution in [3.05, 3.63) is 89.4 Å². The lowest BCUT2D eigenvalue weighted by Gasteiger charge is -2.34. The SMILES string of the molecule is O=C(CN1CCN(C(=O)c2ccc(Nc3nc(C4CC4)cn4c(-c5cn[nH]c5)cnc34)c(F)c2)CC1)NCCOCCNc1cccc2c1C(=O)N(C1CCC(=O)NC1=O)C2=O. The zero-order valence-electron chi connectivity index (χ0n) is 33.5. The van der Waals surface area contributed by atoms with E-state index >= 15 is 4.39 Å². The van der Waals surface area contributed by atoms with Gasteiger partial charge in [-0.1, -0.05) is 6.07 Å². The van der Waals surface area contributed by atoms with E-state index in [0.29, 0.717) is 55.8 Å². The van der Waals surface area contributed by atoms with Gasteiger partial charge in [-0.15, -0.1) is 0 Å². The molecule has 1 aliphatic carbocycles. The number of nitrogens with zero attached hydrogens (tertiary/aromatic N) is 7. The van der Waals surface area contributed by atoms with E-state index in [1.54, 1.807) is 41.7 Å². The van der Waals surface area contributed by atoms with Crippen LogP contribution in [0.25, 0.3) is 16.9 Å². The molecule has 5 N–H and O–H groups in total. The first-order valence-electron chi connectivity index (χ1n) is 20.5. The highest BCUT2D eigenvalue weighted by Crippen LogP contribution is 2.40. The number of nitrogens with one attached hydrogen (secondary N) is 5. The van der Waals surface area contributed by atoms with Crippen LogP contribution in [0.15, 0.2) is 61.2 Å². The van der Waals surface area contributed by atoms with Crippen molar-refractivity contribution in [1.82, 2.24) is 49.9 Å². The van der Waals surface area contributed by atoms with Crippen LogP contribution >= 0.6 is 0 Å². The summed E-state index contributed by atoms with van der Waals surface area (Å²) in [4.78, 5) is 90.2. The predicted molar refractivity (Wildman–Crippen MR) is 220 cm³/mol. The van der Waals surface area contributed by atoms with E-state index < -0.39 is 35.5 Å². The Morgan fingerprint density at radius 3 is 2.52 bits per heavy atom. The van der Waals surface area contributed by atoms with E-state index in [-0.39, 0.29) is 73.3 Å². The zero-order chi connectivity index (χ0) is 42.9. The number of imidazole rings is 1. The molecule has 4 aliphatic rings. The normalized spacial score (nSPS) is 18.0. The Hall–Kier alpha value is -7.06. The molecule has 19 nitrogen and oxygen atoms in total. The maximum absolute atomic E-state index is 15.6. The number of benzene rings is 2. The molecule has 3 aromatic heterocycles. The minimum Gasteiger partial charge on any atom is -0.382 e. The number of carbonyl (C=O) groups excluding carboxylic acids is 6. The fourth-order valence-corrected chi connectivity index (χ4v) is 7.98. The van der Waals surface area contributed by atoms with Crippen molar-refractivity contribution >= 4 is 58.3 Å². The van der Waals surface area contributed by atoms with Crippen LogP contribution in [0.2, 0.25) is 0 Å². The standard InChI is InChI=1S/C42H43FN12O7/c43-28-18-25(6-7-29(28)49-37-38-46-21-33(26-19-47-48-20-26)54(38)22-31(50-37)24-4-5-24)40(59)53-14-12-52(13-15-53)23-35(57)45-11-17-62-16-10-44-30-3-1-2-27-36(30)42(61)55(41(27)60)32-8-9-34(56)51-39(32)58/h1-3,6-7,18-22,24,32,44H,4-5,8-17,23H2,(H,45,57)(H,47,48)(H,49,50)(H,51,56,58). The topological polar surface area (TPSA) is 228 Å². The molecule has 1 atom stereocenters. The summed E-state index contributed by atoms with van der Waals surface area (Å²) < 4.78 is 23.2. The van der Waals surface area contributed by atoms with Crippen LogP contribution in [-0.2, 0) is 19.1 Å². The van der Waals surface area contributed by atoms with Gasteiger partial charge in [0.1, 0.15) is 11.9 Å². The fourth-order valence-electron chi connectivity index (χ4n) is 7.98. The van der Waals surface area contributed by atoms with Crippen molar-refractivity contribution in [2.45, 2.75) is 37.6 Å². The Labute approximate surface area is 353 Å². The number of hydrogen-bond donors (Lipinski definition) is 5. The average Bonchev–Trinajstić information content (AvgIpc) is 3.69. The Morgan fingerprint density at radius 1 is 0.935 bits per heavy atom. The molecule has 1 unspecified atom stereocenters. The number of rotatable bonds is 15. The summed E-state index contributed by atoms with van der Waals surface area (Å²) in [5.74, 6) is -2.64. The number of piperazine rings is 1. The van der Waals surface area contributed by atoms with Gasteiger partial charge in [0.25, 0.3) is 17.7 Å². The van der Waals surface area contributed by atoms with E-state index in [2.05, 4.69) is 36.4 Å². The van der Waals surface area contributed by atoms with Gasteiger partial charge < -0.3 is 25.6 Å². The van der Waals surface area contributed by atoms with Gasteiger partial charge in [-0.3, -0.25) is 53.4 Å². The van der Waals surface area contributed by atoms with Crippen LogP contribution in [0.1, 0.15) is 68.4 Å². The number of hydrogen-bond acceptors (Lipinski definition) is 13. The van der Waals surface area contributed by atoms with E-state index in [0.717, 1.165) is 34.7 Å². The third kappa shape index (κ3) is 8.20. The summed E-state index contributed by atoms with van der Waals surface area (Å²) >= 11 is 0. The number of aromatic nitrogens is 5. The van der Waals surface area contributed by atoms with E-state index in [4.69, 9.17) is 9.72 Å². The molecule has 1 saturated carbocycles. The van der Waals surface area contributed by atoms with Gasteiger partial charge in [0.05, 0.1) is 60.4 Å². The molecular formula is C42H43FN12O7. The average molecular weight is 847 g/mol.